The number of carbonyl (C=O) groups excluding carboxylic acids is 1. The first-order valence-electron chi connectivity index (χ1n) is 8.56. The monoisotopic (exact) mass is 327 g/mol. The highest BCUT2D eigenvalue weighted by Crippen LogP contribution is 2.16. The minimum absolute atomic E-state index is 0.0374. The van der Waals surface area contributed by atoms with Crippen LogP contribution in [0.15, 0.2) is 4.99 Å². The molecule has 6 nitrogen and oxygen atoms in total. The van der Waals surface area contributed by atoms with Gasteiger partial charge in [0.25, 0.3) is 0 Å². The van der Waals surface area contributed by atoms with Crippen LogP contribution in [0, 0.1) is 5.92 Å². The molecule has 0 radical (unpaired) electrons. The van der Waals surface area contributed by atoms with E-state index in [4.69, 9.17) is 0 Å². The van der Waals surface area contributed by atoms with E-state index in [9.17, 15) is 4.79 Å². The molecule has 3 N–H and O–H groups in total. The van der Waals surface area contributed by atoms with Gasteiger partial charge in [-0.2, -0.15) is 0 Å². The van der Waals surface area contributed by atoms with Gasteiger partial charge in [-0.3, -0.25) is 9.79 Å². The minimum Gasteiger partial charge on any atom is -0.355 e. The lowest BCUT2D eigenvalue weighted by molar-refractivity contribution is -0.121. The van der Waals surface area contributed by atoms with Gasteiger partial charge in [0.1, 0.15) is 0 Å². The molecule has 0 aromatic carbocycles. The fraction of sp³-hybridized carbons (Fsp3) is 0.882. The Morgan fingerprint density at radius 2 is 1.70 bits per heavy atom. The van der Waals surface area contributed by atoms with Crippen LogP contribution >= 0.6 is 0 Å². The number of nitrogens with one attached hydrogen (secondary N) is 3. The highest BCUT2D eigenvalue weighted by atomic mass is 16.2. The van der Waals surface area contributed by atoms with Crippen molar-refractivity contribution in [3.63, 3.8) is 0 Å². The highest BCUT2D eigenvalue weighted by Gasteiger charge is 2.21. The maximum Gasteiger partial charge on any atom is 0.239 e. The molecule has 0 aliphatic carbocycles. The maximum atomic E-state index is 11.9. The van der Waals surface area contributed by atoms with E-state index < -0.39 is 0 Å². The van der Waals surface area contributed by atoms with Crippen LogP contribution in [-0.4, -0.2) is 62.6 Å². The summed E-state index contributed by atoms with van der Waals surface area (Å²) < 4.78 is 0. The van der Waals surface area contributed by atoms with Gasteiger partial charge < -0.3 is 20.9 Å². The molecule has 0 saturated heterocycles. The Hall–Kier alpha value is -1.30. The second kappa shape index (κ2) is 10.5. The molecular formula is C17H37N5O. The fourth-order valence-electron chi connectivity index (χ4n) is 2.65. The fourth-order valence-corrected chi connectivity index (χ4v) is 2.65. The zero-order valence-electron chi connectivity index (χ0n) is 16.3. The summed E-state index contributed by atoms with van der Waals surface area (Å²) in [6.07, 6.45) is 2.31. The number of amides is 1. The molecule has 1 amide bonds. The Balaban J connectivity index is 4.46. The van der Waals surface area contributed by atoms with Crippen molar-refractivity contribution < 1.29 is 4.79 Å². The first kappa shape index (κ1) is 21.7. The van der Waals surface area contributed by atoms with Gasteiger partial charge in [-0.1, -0.05) is 26.7 Å². The second-order valence-corrected chi connectivity index (χ2v) is 7.21. The van der Waals surface area contributed by atoms with Crippen LogP contribution in [0.3, 0.4) is 0 Å². The molecule has 0 aliphatic heterocycles. The van der Waals surface area contributed by atoms with Crippen LogP contribution in [0.2, 0.25) is 0 Å². The lowest BCUT2D eigenvalue weighted by atomic mass is 9.93. The molecule has 0 fully saturated rings. The number of carbonyl (C=O) groups is 1. The van der Waals surface area contributed by atoms with Gasteiger partial charge >= 0.3 is 0 Å². The lowest BCUT2D eigenvalue weighted by Crippen LogP contribution is -2.51. The number of likely N-dealkylation sites (N-methyl/N-ethyl adjacent to an activating group) is 1. The molecular weight excluding hydrogens is 290 g/mol. The van der Waals surface area contributed by atoms with E-state index in [-0.39, 0.29) is 18.0 Å². The summed E-state index contributed by atoms with van der Waals surface area (Å²) in [5, 5.41) is 9.33. The largest absolute Gasteiger partial charge is 0.355 e. The van der Waals surface area contributed by atoms with Gasteiger partial charge in [0.2, 0.25) is 5.91 Å². The molecule has 0 aromatic rings. The van der Waals surface area contributed by atoms with E-state index in [1.165, 1.54) is 0 Å². The molecule has 0 aromatic heterocycles. The predicted molar refractivity (Wildman–Crippen MR) is 98.8 cm³/mol. The molecule has 0 aliphatic rings. The third kappa shape index (κ3) is 9.43. The van der Waals surface area contributed by atoms with Crippen molar-refractivity contribution >= 4 is 11.9 Å². The number of hydrogen-bond acceptors (Lipinski definition) is 3. The molecule has 1 atom stereocenters. The Bertz CT molecular complexity index is 370. The smallest absolute Gasteiger partial charge is 0.239 e. The summed E-state index contributed by atoms with van der Waals surface area (Å²) in [4.78, 5) is 18.3. The molecule has 0 spiro atoms. The summed E-state index contributed by atoms with van der Waals surface area (Å²) >= 11 is 0. The average Bonchev–Trinajstić information content (AvgIpc) is 2.44. The van der Waals surface area contributed by atoms with Crippen molar-refractivity contribution in [1.29, 1.82) is 0 Å². The average molecular weight is 328 g/mol. The maximum absolute atomic E-state index is 11.9. The zero-order valence-corrected chi connectivity index (χ0v) is 16.3. The van der Waals surface area contributed by atoms with Gasteiger partial charge in [0, 0.05) is 25.2 Å². The third-order valence-electron chi connectivity index (χ3n) is 3.89. The quantitative estimate of drug-likeness (QED) is 0.466. The summed E-state index contributed by atoms with van der Waals surface area (Å²) in [6, 6.07) is 0.437. The van der Waals surface area contributed by atoms with Crippen LogP contribution in [0.25, 0.3) is 0 Å². The molecule has 0 bridgehead atoms. The number of rotatable bonds is 8. The molecule has 0 rings (SSSR count). The number of hydrogen-bond donors (Lipinski definition) is 3. The normalized spacial score (nSPS) is 14.1. The summed E-state index contributed by atoms with van der Waals surface area (Å²) in [6.45, 7) is 11.4. The van der Waals surface area contributed by atoms with Crippen molar-refractivity contribution in [2.24, 2.45) is 10.9 Å². The van der Waals surface area contributed by atoms with Gasteiger partial charge in [-0.05, 0) is 40.8 Å². The molecule has 0 heterocycles. The van der Waals surface area contributed by atoms with Gasteiger partial charge in [-0.25, -0.2) is 0 Å². The van der Waals surface area contributed by atoms with E-state index in [0.29, 0.717) is 17.9 Å². The number of aliphatic imine (C=N–C) groups is 1. The Kier molecular flexibility index (Phi) is 9.88. The van der Waals surface area contributed by atoms with Crippen LogP contribution in [0.1, 0.15) is 47.5 Å². The van der Waals surface area contributed by atoms with Crippen molar-refractivity contribution in [1.82, 2.24) is 20.9 Å². The lowest BCUT2D eigenvalue weighted by Gasteiger charge is -2.32. The van der Waals surface area contributed by atoms with Crippen LogP contribution in [0.4, 0.5) is 0 Å². The summed E-state index contributed by atoms with van der Waals surface area (Å²) in [5.74, 6) is 1.26. The topological polar surface area (TPSA) is 68.8 Å². The minimum atomic E-state index is -0.221. The number of guanidine groups is 1. The second-order valence-electron chi connectivity index (χ2n) is 7.21. The van der Waals surface area contributed by atoms with E-state index in [0.717, 1.165) is 19.4 Å². The van der Waals surface area contributed by atoms with Gasteiger partial charge in [0.05, 0.1) is 6.54 Å². The van der Waals surface area contributed by atoms with Crippen molar-refractivity contribution in [2.75, 3.05) is 34.2 Å². The first-order valence-corrected chi connectivity index (χ1v) is 8.56. The van der Waals surface area contributed by atoms with E-state index in [1.54, 1.807) is 7.05 Å². The summed E-state index contributed by atoms with van der Waals surface area (Å²) in [7, 11) is 5.94. The van der Waals surface area contributed by atoms with Crippen molar-refractivity contribution in [3.8, 4) is 0 Å². The van der Waals surface area contributed by atoms with E-state index >= 15 is 0 Å². The highest BCUT2D eigenvalue weighted by molar-refractivity contribution is 5.86. The molecule has 136 valence electrons. The van der Waals surface area contributed by atoms with E-state index in [2.05, 4.69) is 53.8 Å². The first-order chi connectivity index (χ1) is 10.6. The zero-order chi connectivity index (χ0) is 18.0. The molecule has 0 saturated carbocycles. The van der Waals surface area contributed by atoms with Crippen LogP contribution in [-0.2, 0) is 4.79 Å². The molecule has 23 heavy (non-hydrogen) atoms. The third-order valence-corrected chi connectivity index (χ3v) is 3.89. The van der Waals surface area contributed by atoms with Crippen molar-refractivity contribution in [2.45, 2.75) is 59.0 Å². The summed E-state index contributed by atoms with van der Waals surface area (Å²) in [5.41, 5.74) is -0.221. The van der Waals surface area contributed by atoms with Crippen LogP contribution < -0.4 is 16.0 Å². The Morgan fingerprint density at radius 1 is 1.13 bits per heavy atom. The molecule has 1 unspecified atom stereocenters. The van der Waals surface area contributed by atoms with Crippen molar-refractivity contribution in [3.05, 3.63) is 0 Å². The number of nitrogens with zero attached hydrogens (tertiary/aromatic N) is 2. The van der Waals surface area contributed by atoms with Crippen LogP contribution in [0.5, 0.6) is 0 Å². The Morgan fingerprint density at radius 3 is 2.09 bits per heavy atom. The predicted octanol–water partition coefficient (Wildman–Crippen LogP) is 1.43. The standard InChI is InChI=1S/C17H37N5O/c1-9-13(10-2)14(22(7)8)11-19-16(18-6)20-12-15(23)21-17(3,4)5/h13-14H,9-12H2,1-8H3,(H,21,23)(H2,18,19,20). The van der Waals surface area contributed by atoms with E-state index in [1.807, 2.05) is 20.8 Å². The SMILES string of the molecule is CCC(CC)C(CNC(=NC)NCC(=O)NC(C)(C)C)N(C)C. The molecule has 6 heteroatoms. The van der Waals surface area contributed by atoms with Gasteiger partial charge in [-0.15, -0.1) is 0 Å². The van der Waals surface area contributed by atoms with Gasteiger partial charge in [0.15, 0.2) is 5.96 Å². The Labute approximate surface area is 142 Å².